The summed E-state index contributed by atoms with van der Waals surface area (Å²) < 4.78 is 16.7. The molecule has 0 spiro atoms. The Kier molecular flexibility index (Phi) is 6.70. The predicted molar refractivity (Wildman–Crippen MR) is 96.0 cm³/mol. The lowest BCUT2D eigenvalue weighted by Gasteiger charge is -2.25. The van der Waals surface area contributed by atoms with E-state index in [4.69, 9.17) is 14.2 Å². The molecular formula is C20H29NO4. The van der Waals surface area contributed by atoms with Gasteiger partial charge < -0.3 is 19.1 Å². The number of ether oxygens (including phenoxy) is 3. The van der Waals surface area contributed by atoms with E-state index >= 15 is 0 Å². The molecule has 2 aliphatic rings. The molecule has 2 fully saturated rings. The molecule has 5 heteroatoms. The lowest BCUT2D eigenvalue weighted by Crippen LogP contribution is -2.31. The minimum absolute atomic E-state index is 0.0646. The van der Waals surface area contributed by atoms with E-state index in [1.165, 1.54) is 25.9 Å². The van der Waals surface area contributed by atoms with Crippen molar-refractivity contribution in [2.75, 3.05) is 32.8 Å². The van der Waals surface area contributed by atoms with Crippen LogP contribution in [0.5, 0.6) is 11.5 Å². The number of nitrogens with zero attached hydrogens (tertiary/aromatic N) is 1. The SMILES string of the molecule is CC1CC(C(=O)Oc2ccc(OCCCN3CCCC3)cc2)CCO1. The topological polar surface area (TPSA) is 48.0 Å². The summed E-state index contributed by atoms with van der Waals surface area (Å²) in [6.07, 6.45) is 5.29. The molecule has 5 nitrogen and oxygen atoms in total. The second kappa shape index (κ2) is 9.20. The van der Waals surface area contributed by atoms with E-state index in [1.54, 1.807) is 12.1 Å². The van der Waals surface area contributed by atoms with Gasteiger partial charge in [0.15, 0.2) is 0 Å². The number of carbonyl (C=O) groups is 1. The van der Waals surface area contributed by atoms with Gasteiger partial charge in [-0.05, 0) is 76.4 Å². The quantitative estimate of drug-likeness (QED) is 0.430. The van der Waals surface area contributed by atoms with Crippen molar-refractivity contribution in [3.63, 3.8) is 0 Å². The third kappa shape index (κ3) is 5.72. The minimum atomic E-state index is -0.158. The number of likely N-dealkylation sites (tertiary alicyclic amines) is 1. The van der Waals surface area contributed by atoms with E-state index in [1.807, 2.05) is 19.1 Å². The van der Waals surface area contributed by atoms with Gasteiger partial charge in [-0.25, -0.2) is 0 Å². The van der Waals surface area contributed by atoms with Crippen molar-refractivity contribution in [2.24, 2.45) is 5.92 Å². The Morgan fingerprint density at radius 1 is 1.20 bits per heavy atom. The van der Waals surface area contributed by atoms with Crippen LogP contribution < -0.4 is 9.47 Å². The van der Waals surface area contributed by atoms with Gasteiger partial charge in [-0.15, -0.1) is 0 Å². The molecule has 2 heterocycles. The van der Waals surface area contributed by atoms with Gasteiger partial charge in [0.1, 0.15) is 11.5 Å². The number of carbonyl (C=O) groups excluding carboxylic acids is 1. The maximum atomic E-state index is 12.2. The fourth-order valence-corrected chi connectivity index (χ4v) is 3.50. The maximum absolute atomic E-state index is 12.2. The van der Waals surface area contributed by atoms with Crippen molar-refractivity contribution in [1.29, 1.82) is 0 Å². The summed E-state index contributed by atoms with van der Waals surface area (Å²) >= 11 is 0. The summed E-state index contributed by atoms with van der Waals surface area (Å²) in [5, 5.41) is 0. The zero-order valence-corrected chi connectivity index (χ0v) is 15.1. The van der Waals surface area contributed by atoms with Gasteiger partial charge >= 0.3 is 5.97 Å². The molecule has 0 aromatic heterocycles. The van der Waals surface area contributed by atoms with Crippen LogP contribution in [0.25, 0.3) is 0 Å². The molecule has 0 aliphatic carbocycles. The Morgan fingerprint density at radius 3 is 2.64 bits per heavy atom. The first kappa shape index (κ1) is 18.2. The lowest BCUT2D eigenvalue weighted by atomic mass is 9.96. The molecule has 0 saturated carbocycles. The zero-order valence-electron chi connectivity index (χ0n) is 15.1. The van der Waals surface area contributed by atoms with Crippen LogP contribution in [-0.2, 0) is 9.53 Å². The number of rotatable bonds is 7. The first-order chi connectivity index (χ1) is 12.2. The standard InChI is InChI=1S/C20H29NO4/c1-16-15-17(9-14-23-16)20(22)25-19-7-5-18(6-8-19)24-13-4-12-21-10-2-3-11-21/h5-8,16-17H,2-4,9-15H2,1H3. The van der Waals surface area contributed by atoms with Crippen LogP contribution in [0.4, 0.5) is 0 Å². The van der Waals surface area contributed by atoms with Crippen LogP contribution in [0.1, 0.15) is 39.0 Å². The normalized spacial score (nSPS) is 24.2. The molecule has 0 amide bonds. The van der Waals surface area contributed by atoms with Crippen LogP contribution >= 0.6 is 0 Å². The average molecular weight is 347 g/mol. The summed E-state index contributed by atoms with van der Waals surface area (Å²) in [4.78, 5) is 14.7. The number of esters is 1. The molecule has 3 rings (SSSR count). The van der Waals surface area contributed by atoms with Gasteiger partial charge in [0, 0.05) is 13.2 Å². The van der Waals surface area contributed by atoms with Crippen molar-refractivity contribution >= 4 is 5.97 Å². The molecule has 0 radical (unpaired) electrons. The molecule has 25 heavy (non-hydrogen) atoms. The zero-order chi connectivity index (χ0) is 17.5. The fourth-order valence-electron chi connectivity index (χ4n) is 3.50. The summed E-state index contributed by atoms with van der Waals surface area (Å²) in [5.74, 6) is 1.18. The van der Waals surface area contributed by atoms with Crippen LogP contribution in [0.3, 0.4) is 0 Å². The minimum Gasteiger partial charge on any atom is -0.494 e. The molecule has 1 aromatic rings. The van der Waals surface area contributed by atoms with Gasteiger partial charge in [-0.2, -0.15) is 0 Å². The second-order valence-corrected chi connectivity index (χ2v) is 7.05. The number of benzene rings is 1. The Labute approximate surface area is 150 Å². The summed E-state index contributed by atoms with van der Waals surface area (Å²) in [7, 11) is 0. The van der Waals surface area contributed by atoms with Crippen molar-refractivity contribution in [1.82, 2.24) is 4.90 Å². The molecular weight excluding hydrogens is 318 g/mol. The van der Waals surface area contributed by atoms with Crippen molar-refractivity contribution < 1.29 is 19.0 Å². The lowest BCUT2D eigenvalue weighted by molar-refractivity contribution is -0.143. The largest absolute Gasteiger partial charge is 0.494 e. The second-order valence-electron chi connectivity index (χ2n) is 7.05. The average Bonchev–Trinajstić information content (AvgIpc) is 3.13. The van der Waals surface area contributed by atoms with Gasteiger partial charge in [0.25, 0.3) is 0 Å². The van der Waals surface area contributed by atoms with Gasteiger partial charge in [-0.1, -0.05) is 0 Å². The third-order valence-electron chi connectivity index (χ3n) is 4.95. The van der Waals surface area contributed by atoms with Gasteiger partial charge in [0.05, 0.1) is 18.6 Å². The van der Waals surface area contributed by atoms with E-state index in [-0.39, 0.29) is 18.0 Å². The molecule has 138 valence electrons. The van der Waals surface area contributed by atoms with Crippen molar-refractivity contribution in [2.45, 2.75) is 45.1 Å². The van der Waals surface area contributed by atoms with Crippen LogP contribution in [0, 0.1) is 5.92 Å². The highest BCUT2D eigenvalue weighted by atomic mass is 16.5. The van der Waals surface area contributed by atoms with E-state index in [9.17, 15) is 4.79 Å². The van der Waals surface area contributed by atoms with E-state index in [2.05, 4.69) is 4.90 Å². The van der Waals surface area contributed by atoms with E-state index in [0.717, 1.165) is 38.2 Å². The smallest absolute Gasteiger partial charge is 0.314 e. The van der Waals surface area contributed by atoms with Gasteiger partial charge in [-0.3, -0.25) is 4.79 Å². The summed E-state index contributed by atoms with van der Waals surface area (Å²) in [5.41, 5.74) is 0. The van der Waals surface area contributed by atoms with Gasteiger partial charge in [0.2, 0.25) is 0 Å². The first-order valence-corrected chi connectivity index (χ1v) is 9.49. The Hall–Kier alpha value is -1.59. The molecule has 0 N–H and O–H groups in total. The van der Waals surface area contributed by atoms with E-state index in [0.29, 0.717) is 12.4 Å². The van der Waals surface area contributed by atoms with Crippen molar-refractivity contribution in [3.8, 4) is 11.5 Å². The number of hydrogen-bond acceptors (Lipinski definition) is 5. The molecule has 2 atom stereocenters. The molecule has 2 aliphatic heterocycles. The monoisotopic (exact) mass is 347 g/mol. The summed E-state index contributed by atoms with van der Waals surface area (Å²) in [6.45, 7) is 6.91. The number of hydrogen-bond donors (Lipinski definition) is 0. The van der Waals surface area contributed by atoms with E-state index < -0.39 is 0 Å². The molecule has 2 saturated heterocycles. The summed E-state index contributed by atoms with van der Waals surface area (Å²) in [6, 6.07) is 7.34. The molecule has 1 aromatic carbocycles. The highest BCUT2D eigenvalue weighted by Gasteiger charge is 2.27. The maximum Gasteiger partial charge on any atom is 0.314 e. The Morgan fingerprint density at radius 2 is 1.92 bits per heavy atom. The highest BCUT2D eigenvalue weighted by molar-refractivity contribution is 5.75. The van der Waals surface area contributed by atoms with Crippen LogP contribution in [0.2, 0.25) is 0 Å². The third-order valence-corrected chi connectivity index (χ3v) is 4.95. The Bertz CT molecular complexity index is 539. The van der Waals surface area contributed by atoms with Crippen molar-refractivity contribution in [3.05, 3.63) is 24.3 Å². The predicted octanol–water partition coefficient (Wildman–Crippen LogP) is 3.27. The van der Waals surface area contributed by atoms with Crippen LogP contribution in [-0.4, -0.2) is 49.8 Å². The van der Waals surface area contributed by atoms with Crippen LogP contribution in [0.15, 0.2) is 24.3 Å². The fraction of sp³-hybridized carbons (Fsp3) is 0.650. The molecule has 0 bridgehead atoms. The first-order valence-electron chi connectivity index (χ1n) is 9.49. The Balaban J connectivity index is 1.38. The molecule has 2 unspecified atom stereocenters. The highest BCUT2D eigenvalue weighted by Crippen LogP contribution is 2.24.